The lowest BCUT2D eigenvalue weighted by Crippen LogP contribution is -2.41. The van der Waals surface area contributed by atoms with Gasteiger partial charge in [0.25, 0.3) is 5.56 Å². The Morgan fingerprint density at radius 1 is 1.14 bits per heavy atom. The number of halogens is 1. The topological polar surface area (TPSA) is 47.2 Å². The van der Waals surface area contributed by atoms with Crippen LogP contribution in [0.1, 0.15) is 18.4 Å². The van der Waals surface area contributed by atoms with Crippen LogP contribution in [0, 0.1) is 0 Å². The third-order valence-electron chi connectivity index (χ3n) is 4.09. The van der Waals surface area contributed by atoms with Crippen molar-refractivity contribution in [2.75, 3.05) is 18.0 Å². The zero-order valence-electron chi connectivity index (χ0n) is 12.5. The lowest BCUT2D eigenvalue weighted by atomic mass is 10.2. The molecule has 0 bridgehead atoms. The molecule has 0 saturated carbocycles. The van der Waals surface area contributed by atoms with Crippen LogP contribution in [-0.2, 0) is 13.6 Å². The fourth-order valence-electron chi connectivity index (χ4n) is 2.81. The van der Waals surface area contributed by atoms with E-state index in [0.29, 0.717) is 6.54 Å². The Labute approximate surface area is 136 Å². The largest absolute Gasteiger partial charge is 0.358 e. The molecule has 1 aromatic heterocycles. The van der Waals surface area contributed by atoms with Gasteiger partial charge in [-0.1, -0.05) is 34.1 Å². The van der Waals surface area contributed by atoms with Crippen molar-refractivity contribution in [3.05, 3.63) is 61.2 Å². The molecule has 6 heteroatoms. The number of hydrogen-bond acceptors (Lipinski definition) is 3. The van der Waals surface area contributed by atoms with Crippen molar-refractivity contribution in [1.29, 1.82) is 0 Å². The highest BCUT2D eigenvalue weighted by atomic mass is 79.9. The quantitative estimate of drug-likeness (QED) is 0.837. The molecule has 116 valence electrons. The molecular weight excluding hydrogens is 346 g/mol. The fourth-order valence-corrected chi connectivity index (χ4v) is 3.22. The van der Waals surface area contributed by atoms with Gasteiger partial charge in [-0.3, -0.25) is 13.9 Å². The monoisotopic (exact) mass is 363 g/mol. The molecule has 1 saturated heterocycles. The second-order valence-corrected chi connectivity index (χ2v) is 6.41. The van der Waals surface area contributed by atoms with Crippen LogP contribution in [0.2, 0.25) is 0 Å². The summed E-state index contributed by atoms with van der Waals surface area (Å²) in [5.41, 5.74) is 0.490. The third-order valence-corrected chi connectivity index (χ3v) is 4.87. The standard InChI is InChI=1S/C16H18BrN3O2/c1-18-15(21)10-14(19-8-4-5-9-19)20(16(18)22)11-12-6-2-3-7-13(12)17/h2-3,6-7,10H,4-5,8-9,11H2,1H3. The molecule has 0 spiro atoms. The molecule has 0 amide bonds. The van der Waals surface area contributed by atoms with Crippen LogP contribution in [0.15, 0.2) is 44.4 Å². The summed E-state index contributed by atoms with van der Waals surface area (Å²) in [5.74, 6) is 0.723. The second-order valence-electron chi connectivity index (χ2n) is 5.55. The maximum atomic E-state index is 12.6. The molecule has 0 radical (unpaired) electrons. The van der Waals surface area contributed by atoms with Crippen LogP contribution in [-0.4, -0.2) is 22.2 Å². The van der Waals surface area contributed by atoms with Gasteiger partial charge in [0.1, 0.15) is 5.82 Å². The van der Waals surface area contributed by atoms with Crippen LogP contribution < -0.4 is 16.1 Å². The minimum absolute atomic E-state index is 0.254. The normalized spacial score (nSPS) is 14.5. The molecule has 5 nitrogen and oxygen atoms in total. The van der Waals surface area contributed by atoms with Gasteiger partial charge in [0.15, 0.2) is 0 Å². The first-order valence-corrected chi connectivity index (χ1v) is 8.16. The van der Waals surface area contributed by atoms with Crippen molar-refractivity contribution in [3.8, 4) is 0 Å². The van der Waals surface area contributed by atoms with Crippen LogP contribution in [0.5, 0.6) is 0 Å². The minimum Gasteiger partial charge on any atom is -0.358 e. The van der Waals surface area contributed by atoms with Crippen molar-refractivity contribution in [2.24, 2.45) is 7.05 Å². The first-order valence-electron chi connectivity index (χ1n) is 7.37. The van der Waals surface area contributed by atoms with Gasteiger partial charge in [0.05, 0.1) is 6.54 Å². The predicted molar refractivity (Wildman–Crippen MR) is 90.6 cm³/mol. The van der Waals surface area contributed by atoms with E-state index >= 15 is 0 Å². The minimum atomic E-state index is -0.273. The van der Waals surface area contributed by atoms with Gasteiger partial charge in [-0.25, -0.2) is 4.79 Å². The van der Waals surface area contributed by atoms with Gasteiger partial charge in [0, 0.05) is 30.7 Å². The van der Waals surface area contributed by atoms with Crippen molar-refractivity contribution in [2.45, 2.75) is 19.4 Å². The van der Waals surface area contributed by atoms with E-state index in [4.69, 9.17) is 0 Å². The summed E-state index contributed by atoms with van der Waals surface area (Å²) in [4.78, 5) is 26.7. The van der Waals surface area contributed by atoms with E-state index < -0.39 is 0 Å². The molecule has 3 rings (SSSR count). The summed E-state index contributed by atoms with van der Waals surface area (Å²) in [6, 6.07) is 9.40. The SMILES string of the molecule is Cn1c(=O)cc(N2CCCC2)n(Cc2ccccc2Br)c1=O. The zero-order valence-corrected chi connectivity index (χ0v) is 14.0. The van der Waals surface area contributed by atoms with Crippen LogP contribution in [0.25, 0.3) is 0 Å². The highest BCUT2D eigenvalue weighted by molar-refractivity contribution is 9.10. The maximum absolute atomic E-state index is 12.6. The average molecular weight is 364 g/mol. The maximum Gasteiger partial charge on any atom is 0.332 e. The molecule has 0 unspecified atom stereocenters. The van der Waals surface area contributed by atoms with Crippen molar-refractivity contribution in [3.63, 3.8) is 0 Å². The predicted octanol–water partition coefficient (Wildman–Crippen LogP) is 1.96. The van der Waals surface area contributed by atoms with Crippen LogP contribution >= 0.6 is 15.9 Å². The van der Waals surface area contributed by atoms with Gasteiger partial charge in [-0.15, -0.1) is 0 Å². The van der Waals surface area contributed by atoms with E-state index in [1.165, 1.54) is 7.05 Å². The summed E-state index contributed by atoms with van der Waals surface area (Å²) in [7, 11) is 1.52. The zero-order chi connectivity index (χ0) is 15.7. The Kier molecular flexibility index (Phi) is 4.20. The first-order chi connectivity index (χ1) is 10.6. The number of benzene rings is 1. The Morgan fingerprint density at radius 2 is 1.82 bits per heavy atom. The summed E-state index contributed by atoms with van der Waals surface area (Å²) in [5, 5.41) is 0. The molecule has 0 atom stereocenters. The lowest BCUT2D eigenvalue weighted by molar-refractivity contribution is 0.634. The number of aromatic nitrogens is 2. The van der Waals surface area contributed by atoms with Crippen molar-refractivity contribution < 1.29 is 0 Å². The van der Waals surface area contributed by atoms with Gasteiger partial charge in [-0.05, 0) is 24.5 Å². The molecule has 0 aliphatic carbocycles. The molecule has 2 heterocycles. The van der Waals surface area contributed by atoms with Crippen LogP contribution in [0.4, 0.5) is 5.82 Å². The summed E-state index contributed by atoms with van der Waals surface area (Å²) in [6.07, 6.45) is 2.19. The molecule has 2 aromatic rings. The fraction of sp³-hybridized carbons (Fsp3) is 0.375. The lowest BCUT2D eigenvalue weighted by Gasteiger charge is -2.23. The van der Waals surface area contributed by atoms with E-state index in [9.17, 15) is 9.59 Å². The molecular formula is C16H18BrN3O2. The first kappa shape index (κ1) is 15.1. The van der Waals surface area contributed by atoms with Crippen molar-refractivity contribution in [1.82, 2.24) is 9.13 Å². The highest BCUT2D eigenvalue weighted by Gasteiger charge is 2.19. The van der Waals surface area contributed by atoms with E-state index in [-0.39, 0.29) is 11.2 Å². The van der Waals surface area contributed by atoms with E-state index in [1.807, 2.05) is 24.3 Å². The Balaban J connectivity index is 2.12. The second kappa shape index (κ2) is 6.12. The number of anilines is 1. The van der Waals surface area contributed by atoms with E-state index in [2.05, 4.69) is 20.8 Å². The molecule has 1 fully saturated rings. The molecule has 1 aromatic carbocycles. The highest BCUT2D eigenvalue weighted by Crippen LogP contribution is 2.21. The van der Waals surface area contributed by atoms with Crippen molar-refractivity contribution >= 4 is 21.7 Å². The smallest absolute Gasteiger partial charge is 0.332 e. The number of nitrogens with zero attached hydrogens (tertiary/aromatic N) is 3. The number of hydrogen-bond donors (Lipinski definition) is 0. The number of rotatable bonds is 3. The third kappa shape index (κ3) is 2.75. The Hall–Kier alpha value is -1.82. The van der Waals surface area contributed by atoms with E-state index in [1.54, 1.807) is 10.6 Å². The molecule has 0 N–H and O–H groups in total. The Morgan fingerprint density at radius 3 is 2.50 bits per heavy atom. The summed E-state index contributed by atoms with van der Waals surface area (Å²) < 4.78 is 3.81. The van der Waals surface area contributed by atoms with Crippen LogP contribution in [0.3, 0.4) is 0 Å². The van der Waals surface area contributed by atoms with Gasteiger partial charge >= 0.3 is 5.69 Å². The van der Waals surface area contributed by atoms with Gasteiger partial charge in [0.2, 0.25) is 0 Å². The molecule has 1 aliphatic rings. The molecule has 22 heavy (non-hydrogen) atoms. The van der Waals surface area contributed by atoms with Gasteiger partial charge < -0.3 is 4.90 Å². The van der Waals surface area contributed by atoms with Gasteiger partial charge in [-0.2, -0.15) is 0 Å². The van der Waals surface area contributed by atoms with E-state index in [0.717, 1.165) is 46.4 Å². The summed E-state index contributed by atoms with van der Waals surface area (Å²) >= 11 is 3.52. The molecule has 1 aliphatic heterocycles. The average Bonchev–Trinajstić information content (AvgIpc) is 3.03. The Bertz CT molecular complexity index is 804. The summed E-state index contributed by atoms with van der Waals surface area (Å²) in [6.45, 7) is 2.23.